The largest absolute Gasteiger partial charge is 0.398 e. The van der Waals surface area contributed by atoms with Crippen LogP contribution in [0.5, 0.6) is 0 Å². The molecule has 4 N–H and O–H groups in total. The lowest BCUT2D eigenvalue weighted by atomic mass is 9.67. The van der Waals surface area contributed by atoms with Crippen molar-refractivity contribution in [3.63, 3.8) is 0 Å². The lowest BCUT2D eigenvalue weighted by molar-refractivity contribution is 0.366. The molecule has 2 nitrogen and oxygen atoms in total. The zero-order valence-electron chi connectivity index (χ0n) is 14.8. The fourth-order valence-electron chi connectivity index (χ4n) is 3.94. The molecule has 3 rings (SSSR count). The molecule has 1 aliphatic carbocycles. The first kappa shape index (κ1) is 23.4. The number of benzene rings is 2. The molecule has 6 heteroatoms. The van der Waals surface area contributed by atoms with Crippen molar-refractivity contribution in [3.8, 4) is 0 Å². The lowest BCUT2D eigenvalue weighted by Gasteiger charge is -2.37. The van der Waals surface area contributed by atoms with Gasteiger partial charge in [-0.05, 0) is 48.2 Å². The smallest absolute Gasteiger partial charge is 0.0449 e. The molecule has 1 aliphatic rings. The number of nitrogen functional groups attached to an aromatic ring is 2. The van der Waals surface area contributed by atoms with Gasteiger partial charge in [-0.1, -0.05) is 44.2 Å². The van der Waals surface area contributed by atoms with E-state index in [9.17, 15) is 0 Å². The maximum Gasteiger partial charge on any atom is 0.0449 e. The van der Waals surface area contributed by atoms with E-state index >= 15 is 0 Å². The first-order chi connectivity index (χ1) is 11.5. The normalized spacial score (nSPS) is 16.5. The Balaban J connectivity index is 0.00000169. The maximum absolute atomic E-state index is 5.99. The minimum absolute atomic E-state index is 0. The van der Waals surface area contributed by atoms with Gasteiger partial charge in [0.05, 0.1) is 0 Å². The SMILES string of the molecule is Cl.Cl.Nc1ccc(C2(c3ccc(N)c(S)c3)CCCCCCC2)cc1S. The molecule has 0 saturated heterocycles. The summed E-state index contributed by atoms with van der Waals surface area (Å²) in [6.45, 7) is 0. The van der Waals surface area contributed by atoms with Gasteiger partial charge in [0.1, 0.15) is 0 Å². The van der Waals surface area contributed by atoms with Gasteiger partial charge in [0, 0.05) is 26.6 Å². The van der Waals surface area contributed by atoms with Crippen LogP contribution in [0.15, 0.2) is 46.2 Å². The summed E-state index contributed by atoms with van der Waals surface area (Å²) in [6, 6.07) is 12.6. The third-order valence-electron chi connectivity index (χ3n) is 5.37. The van der Waals surface area contributed by atoms with Gasteiger partial charge in [0.15, 0.2) is 0 Å². The van der Waals surface area contributed by atoms with Crippen molar-refractivity contribution in [2.45, 2.75) is 60.2 Å². The Kier molecular flexibility index (Phi) is 9.01. The number of hydrogen-bond donors (Lipinski definition) is 4. The molecule has 0 aliphatic heterocycles. The molecule has 2 aromatic rings. The topological polar surface area (TPSA) is 52.0 Å². The molecule has 144 valence electrons. The Hall–Kier alpha value is -0.680. The molecule has 0 radical (unpaired) electrons. The monoisotopic (exact) mass is 430 g/mol. The van der Waals surface area contributed by atoms with Crippen LogP contribution in [-0.4, -0.2) is 0 Å². The summed E-state index contributed by atoms with van der Waals surface area (Å²) in [5, 5.41) is 0. The Labute approximate surface area is 180 Å². The highest BCUT2D eigenvalue weighted by molar-refractivity contribution is 7.80. The molecular formula is C20H28Cl2N2S2. The fraction of sp³-hybridized carbons (Fsp3) is 0.400. The van der Waals surface area contributed by atoms with Gasteiger partial charge in [-0.3, -0.25) is 0 Å². The standard InChI is InChI=1S/C20H26N2S2.2ClH/c21-16-8-6-14(12-18(16)23)20(10-4-2-1-3-5-11-20)15-7-9-17(22)19(24)13-15;;/h6-9,12-13,23-24H,1-5,10-11,21-22H2;2*1H. The third-order valence-corrected chi connectivity index (χ3v) is 6.15. The third kappa shape index (κ3) is 4.78. The number of halogens is 2. The van der Waals surface area contributed by atoms with E-state index in [-0.39, 0.29) is 30.2 Å². The first-order valence-corrected chi connectivity index (χ1v) is 9.60. The van der Waals surface area contributed by atoms with E-state index < -0.39 is 0 Å². The van der Waals surface area contributed by atoms with Crippen LogP contribution in [-0.2, 0) is 5.41 Å². The van der Waals surface area contributed by atoms with E-state index in [0.717, 1.165) is 34.0 Å². The molecule has 0 unspecified atom stereocenters. The summed E-state index contributed by atoms with van der Waals surface area (Å²) in [4.78, 5) is 1.71. The Morgan fingerprint density at radius 2 is 1.04 bits per heavy atom. The highest BCUT2D eigenvalue weighted by Gasteiger charge is 2.34. The molecule has 0 spiro atoms. The van der Waals surface area contributed by atoms with Gasteiger partial charge in [-0.25, -0.2) is 0 Å². The predicted octanol–water partition coefficient (Wildman–Crippen LogP) is 6.30. The van der Waals surface area contributed by atoms with Crippen molar-refractivity contribution in [2.24, 2.45) is 0 Å². The maximum atomic E-state index is 5.99. The van der Waals surface area contributed by atoms with Crippen LogP contribution in [0.3, 0.4) is 0 Å². The van der Waals surface area contributed by atoms with E-state index in [2.05, 4.69) is 49.5 Å². The van der Waals surface area contributed by atoms with Crippen molar-refractivity contribution in [1.29, 1.82) is 0 Å². The van der Waals surface area contributed by atoms with E-state index in [1.807, 2.05) is 12.1 Å². The number of thiol groups is 2. The summed E-state index contributed by atoms with van der Waals surface area (Å²) >= 11 is 9.12. The molecule has 2 aromatic carbocycles. The molecule has 1 saturated carbocycles. The van der Waals surface area contributed by atoms with Crippen LogP contribution in [0.4, 0.5) is 11.4 Å². The second-order valence-electron chi connectivity index (χ2n) is 6.90. The minimum Gasteiger partial charge on any atom is -0.398 e. The van der Waals surface area contributed by atoms with Crippen LogP contribution in [0.1, 0.15) is 56.1 Å². The number of hydrogen-bond acceptors (Lipinski definition) is 4. The van der Waals surface area contributed by atoms with Crippen molar-refractivity contribution in [3.05, 3.63) is 47.5 Å². The molecule has 0 amide bonds. The second kappa shape index (κ2) is 10.0. The first-order valence-electron chi connectivity index (χ1n) is 8.71. The number of anilines is 2. The number of rotatable bonds is 2. The molecule has 1 fully saturated rings. The minimum atomic E-state index is -0.00319. The quantitative estimate of drug-likeness (QED) is 0.333. The predicted molar refractivity (Wildman–Crippen MR) is 124 cm³/mol. The molecule has 0 bridgehead atoms. The fourth-order valence-corrected chi connectivity index (χ4v) is 4.36. The van der Waals surface area contributed by atoms with Gasteiger partial charge in [-0.15, -0.1) is 50.1 Å². The van der Waals surface area contributed by atoms with Gasteiger partial charge in [0.25, 0.3) is 0 Å². The Morgan fingerprint density at radius 1 is 0.654 bits per heavy atom. The van der Waals surface area contributed by atoms with Crippen LogP contribution < -0.4 is 11.5 Å². The van der Waals surface area contributed by atoms with E-state index in [1.54, 1.807) is 0 Å². The van der Waals surface area contributed by atoms with Gasteiger partial charge >= 0.3 is 0 Å². The van der Waals surface area contributed by atoms with Gasteiger partial charge in [-0.2, -0.15) is 0 Å². The van der Waals surface area contributed by atoms with Crippen LogP contribution >= 0.6 is 50.1 Å². The summed E-state index contributed by atoms with van der Waals surface area (Å²) in [5.41, 5.74) is 16.1. The summed E-state index contributed by atoms with van der Waals surface area (Å²) in [5.74, 6) is 0. The van der Waals surface area contributed by atoms with Gasteiger partial charge in [0.2, 0.25) is 0 Å². The van der Waals surface area contributed by atoms with Crippen molar-refractivity contribution < 1.29 is 0 Å². The zero-order chi connectivity index (χ0) is 17.2. The van der Waals surface area contributed by atoms with Crippen LogP contribution in [0.2, 0.25) is 0 Å². The Morgan fingerprint density at radius 3 is 1.42 bits per heavy atom. The second-order valence-corrected chi connectivity index (χ2v) is 7.86. The Bertz CT molecular complexity index is 676. The van der Waals surface area contributed by atoms with E-state index in [0.29, 0.717) is 0 Å². The van der Waals surface area contributed by atoms with E-state index in [4.69, 9.17) is 11.5 Å². The van der Waals surface area contributed by atoms with Gasteiger partial charge < -0.3 is 11.5 Å². The molecular weight excluding hydrogens is 403 g/mol. The summed E-state index contributed by atoms with van der Waals surface area (Å²) < 4.78 is 0. The molecule has 0 aromatic heterocycles. The van der Waals surface area contributed by atoms with Crippen molar-refractivity contribution >= 4 is 61.4 Å². The van der Waals surface area contributed by atoms with Crippen LogP contribution in [0.25, 0.3) is 0 Å². The highest BCUT2D eigenvalue weighted by Crippen LogP contribution is 2.45. The zero-order valence-corrected chi connectivity index (χ0v) is 18.2. The summed E-state index contributed by atoms with van der Waals surface area (Å²) in [7, 11) is 0. The average Bonchev–Trinajstić information content (AvgIpc) is 2.53. The lowest BCUT2D eigenvalue weighted by Crippen LogP contribution is -2.29. The number of nitrogens with two attached hydrogens (primary N) is 2. The average molecular weight is 431 g/mol. The molecule has 0 atom stereocenters. The molecule has 26 heavy (non-hydrogen) atoms. The highest BCUT2D eigenvalue weighted by atomic mass is 35.5. The molecule has 0 heterocycles. The van der Waals surface area contributed by atoms with Crippen molar-refractivity contribution in [2.75, 3.05) is 11.5 Å². The van der Waals surface area contributed by atoms with E-state index in [1.165, 1.54) is 43.2 Å². The van der Waals surface area contributed by atoms with Crippen LogP contribution in [0, 0.1) is 0 Å². The van der Waals surface area contributed by atoms with Crippen molar-refractivity contribution in [1.82, 2.24) is 0 Å². The summed E-state index contributed by atoms with van der Waals surface area (Å²) in [6.07, 6.45) is 8.69.